The molecule has 6 nitrogen and oxygen atoms in total. The lowest BCUT2D eigenvalue weighted by Crippen LogP contribution is -2.28. The molecule has 2 heterocycles. The Labute approximate surface area is 112 Å². The first-order valence-electron chi connectivity index (χ1n) is 6.48. The SMILES string of the molecule is CC(C)(C)Nc1ccc(NC(=O)C2CCCO2)nn1. The maximum Gasteiger partial charge on any atom is 0.254 e. The molecule has 6 heteroatoms. The third kappa shape index (κ3) is 4.17. The summed E-state index contributed by atoms with van der Waals surface area (Å²) in [7, 11) is 0. The van der Waals surface area contributed by atoms with Gasteiger partial charge in [0.1, 0.15) is 11.9 Å². The van der Waals surface area contributed by atoms with E-state index in [4.69, 9.17) is 4.74 Å². The standard InChI is InChI=1S/C13H20N4O2/c1-13(2,3)15-11-7-6-10(16-17-11)14-12(18)9-5-4-8-19-9/h6-7,9H,4-5,8H2,1-3H3,(H,15,17)(H,14,16,18). The van der Waals surface area contributed by atoms with Crippen LogP contribution in [0.4, 0.5) is 11.6 Å². The van der Waals surface area contributed by atoms with Crippen molar-refractivity contribution in [3.63, 3.8) is 0 Å². The first-order valence-corrected chi connectivity index (χ1v) is 6.48. The van der Waals surface area contributed by atoms with Gasteiger partial charge in [-0.3, -0.25) is 4.79 Å². The number of rotatable bonds is 3. The zero-order valence-corrected chi connectivity index (χ0v) is 11.6. The smallest absolute Gasteiger partial charge is 0.254 e. The summed E-state index contributed by atoms with van der Waals surface area (Å²) in [6.45, 7) is 6.78. The lowest BCUT2D eigenvalue weighted by Gasteiger charge is -2.20. The van der Waals surface area contributed by atoms with Crippen molar-refractivity contribution < 1.29 is 9.53 Å². The number of carbonyl (C=O) groups is 1. The van der Waals surface area contributed by atoms with Crippen molar-refractivity contribution in [3.05, 3.63) is 12.1 Å². The van der Waals surface area contributed by atoms with Gasteiger partial charge < -0.3 is 15.4 Å². The second kappa shape index (κ2) is 5.52. The summed E-state index contributed by atoms with van der Waals surface area (Å²) in [4.78, 5) is 11.8. The Balaban J connectivity index is 1.93. The van der Waals surface area contributed by atoms with Crippen LogP contribution in [0.15, 0.2) is 12.1 Å². The van der Waals surface area contributed by atoms with Gasteiger partial charge in [0.25, 0.3) is 5.91 Å². The van der Waals surface area contributed by atoms with Crippen molar-refractivity contribution in [2.75, 3.05) is 17.2 Å². The Morgan fingerprint density at radius 2 is 2.00 bits per heavy atom. The summed E-state index contributed by atoms with van der Waals surface area (Å²) in [6.07, 6.45) is 1.34. The average molecular weight is 264 g/mol. The molecule has 1 aliphatic heterocycles. The Kier molecular flexibility index (Phi) is 3.99. The highest BCUT2D eigenvalue weighted by atomic mass is 16.5. The van der Waals surface area contributed by atoms with Crippen molar-refractivity contribution in [2.24, 2.45) is 0 Å². The van der Waals surface area contributed by atoms with Crippen LogP contribution in [0.5, 0.6) is 0 Å². The number of nitrogens with zero attached hydrogens (tertiary/aromatic N) is 2. The van der Waals surface area contributed by atoms with Crippen molar-refractivity contribution in [1.82, 2.24) is 10.2 Å². The second-order valence-electron chi connectivity index (χ2n) is 5.67. The monoisotopic (exact) mass is 264 g/mol. The fraction of sp³-hybridized carbons (Fsp3) is 0.615. The van der Waals surface area contributed by atoms with Gasteiger partial charge in [-0.15, -0.1) is 10.2 Å². The Morgan fingerprint density at radius 1 is 1.32 bits per heavy atom. The third-order valence-electron chi connectivity index (χ3n) is 2.64. The summed E-state index contributed by atoms with van der Waals surface area (Å²) in [5.74, 6) is 0.978. The van der Waals surface area contributed by atoms with Gasteiger partial charge in [-0.2, -0.15) is 0 Å². The molecule has 0 aliphatic carbocycles. The van der Waals surface area contributed by atoms with Gasteiger partial charge in [0.15, 0.2) is 5.82 Å². The predicted molar refractivity (Wildman–Crippen MR) is 73.0 cm³/mol. The Bertz CT molecular complexity index is 433. The third-order valence-corrected chi connectivity index (χ3v) is 2.64. The summed E-state index contributed by atoms with van der Waals surface area (Å²) in [5, 5.41) is 13.9. The molecule has 1 unspecified atom stereocenters. The highest BCUT2D eigenvalue weighted by Gasteiger charge is 2.23. The normalized spacial score (nSPS) is 19.2. The van der Waals surface area contributed by atoms with Crippen LogP contribution >= 0.6 is 0 Å². The molecule has 0 aromatic carbocycles. The number of amides is 1. The van der Waals surface area contributed by atoms with Crippen LogP contribution in [-0.4, -0.2) is 34.4 Å². The van der Waals surface area contributed by atoms with E-state index in [0.717, 1.165) is 12.8 Å². The van der Waals surface area contributed by atoms with E-state index in [-0.39, 0.29) is 17.6 Å². The highest BCUT2D eigenvalue weighted by Crippen LogP contribution is 2.15. The van der Waals surface area contributed by atoms with Gasteiger partial charge in [-0.1, -0.05) is 0 Å². The van der Waals surface area contributed by atoms with Crippen LogP contribution in [-0.2, 0) is 9.53 Å². The summed E-state index contributed by atoms with van der Waals surface area (Å²) in [6, 6.07) is 3.53. The molecular weight excluding hydrogens is 244 g/mol. The molecule has 0 bridgehead atoms. The van der Waals surface area contributed by atoms with E-state index >= 15 is 0 Å². The van der Waals surface area contributed by atoms with E-state index in [0.29, 0.717) is 18.2 Å². The van der Waals surface area contributed by atoms with Gasteiger partial charge in [0.2, 0.25) is 0 Å². The minimum Gasteiger partial charge on any atom is -0.368 e. The van der Waals surface area contributed by atoms with E-state index in [1.54, 1.807) is 12.1 Å². The lowest BCUT2D eigenvalue weighted by molar-refractivity contribution is -0.124. The zero-order chi connectivity index (χ0) is 13.9. The van der Waals surface area contributed by atoms with Gasteiger partial charge in [0.05, 0.1) is 0 Å². The van der Waals surface area contributed by atoms with Crippen molar-refractivity contribution in [1.29, 1.82) is 0 Å². The van der Waals surface area contributed by atoms with Crippen molar-refractivity contribution >= 4 is 17.5 Å². The van der Waals surface area contributed by atoms with Crippen LogP contribution in [0.3, 0.4) is 0 Å². The molecule has 1 amide bonds. The van der Waals surface area contributed by atoms with Crippen LogP contribution in [0, 0.1) is 0 Å². The minimum atomic E-state index is -0.353. The molecule has 0 saturated carbocycles. The van der Waals surface area contributed by atoms with Crippen LogP contribution in [0.25, 0.3) is 0 Å². The molecule has 1 aliphatic rings. The fourth-order valence-corrected chi connectivity index (χ4v) is 1.84. The number of anilines is 2. The molecule has 2 N–H and O–H groups in total. The van der Waals surface area contributed by atoms with E-state index in [2.05, 4.69) is 20.8 Å². The molecule has 1 saturated heterocycles. The molecule has 104 valence electrons. The maximum absolute atomic E-state index is 11.8. The van der Waals surface area contributed by atoms with Crippen molar-refractivity contribution in [3.8, 4) is 0 Å². The highest BCUT2D eigenvalue weighted by molar-refractivity contribution is 5.93. The summed E-state index contributed by atoms with van der Waals surface area (Å²) < 4.78 is 5.30. The summed E-state index contributed by atoms with van der Waals surface area (Å²) in [5.41, 5.74) is -0.0723. The Morgan fingerprint density at radius 3 is 2.53 bits per heavy atom. The zero-order valence-electron chi connectivity index (χ0n) is 11.6. The van der Waals surface area contributed by atoms with E-state index in [1.165, 1.54) is 0 Å². The summed E-state index contributed by atoms with van der Waals surface area (Å²) >= 11 is 0. The van der Waals surface area contributed by atoms with Gasteiger partial charge in [-0.25, -0.2) is 0 Å². The van der Waals surface area contributed by atoms with E-state index < -0.39 is 0 Å². The number of aromatic nitrogens is 2. The number of carbonyl (C=O) groups excluding carboxylic acids is 1. The largest absolute Gasteiger partial charge is 0.368 e. The molecule has 1 atom stereocenters. The second-order valence-corrected chi connectivity index (χ2v) is 5.67. The average Bonchev–Trinajstić information content (AvgIpc) is 2.83. The minimum absolute atomic E-state index is 0.0723. The molecule has 1 aromatic heterocycles. The van der Waals surface area contributed by atoms with Crippen LogP contribution < -0.4 is 10.6 Å². The van der Waals surface area contributed by atoms with Crippen LogP contribution in [0.1, 0.15) is 33.6 Å². The predicted octanol–water partition coefficient (Wildman–Crippen LogP) is 1.80. The van der Waals surface area contributed by atoms with E-state index in [9.17, 15) is 4.79 Å². The van der Waals surface area contributed by atoms with Crippen LogP contribution in [0.2, 0.25) is 0 Å². The molecule has 2 rings (SSSR count). The van der Waals surface area contributed by atoms with Gasteiger partial charge in [0, 0.05) is 12.1 Å². The number of nitrogens with one attached hydrogen (secondary N) is 2. The maximum atomic E-state index is 11.8. The first kappa shape index (κ1) is 13.7. The van der Waals surface area contributed by atoms with Crippen molar-refractivity contribution in [2.45, 2.75) is 45.3 Å². The molecule has 1 fully saturated rings. The fourth-order valence-electron chi connectivity index (χ4n) is 1.84. The first-order chi connectivity index (χ1) is 8.94. The molecule has 0 radical (unpaired) electrons. The number of ether oxygens (including phenoxy) is 1. The molecule has 0 spiro atoms. The van der Waals surface area contributed by atoms with Gasteiger partial charge >= 0.3 is 0 Å². The molecular formula is C13H20N4O2. The number of hydrogen-bond donors (Lipinski definition) is 2. The Hall–Kier alpha value is -1.69. The van der Waals surface area contributed by atoms with E-state index in [1.807, 2.05) is 20.8 Å². The topological polar surface area (TPSA) is 76.1 Å². The molecule has 1 aromatic rings. The lowest BCUT2D eigenvalue weighted by atomic mass is 10.1. The van der Waals surface area contributed by atoms with Gasteiger partial charge in [-0.05, 0) is 45.7 Å². The number of hydrogen-bond acceptors (Lipinski definition) is 5. The quantitative estimate of drug-likeness (QED) is 0.870. The molecule has 19 heavy (non-hydrogen) atoms.